The molecule has 1 aliphatic rings. The highest BCUT2D eigenvalue weighted by Crippen LogP contribution is 2.29. The molecule has 2 aromatic rings. The van der Waals surface area contributed by atoms with Gasteiger partial charge in [0.05, 0.1) is 11.7 Å². The minimum Gasteiger partial charge on any atom is -0.313 e. The molecule has 1 unspecified atom stereocenters. The highest BCUT2D eigenvalue weighted by molar-refractivity contribution is 5.29. The second-order valence-corrected chi connectivity index (χ2v) is 6.13. The number of rotatable bonds is 5. The van der Waals surface area contributed by atoms with E-state index in [0.29, 0.717) is 12.1 Å². The van der Waals surface area contributed by atoms with Crippen LogP contribution in [-0.4, -0.2) is 16.8 Å². The first kappa shape index (κ1) is 14.3. The molecule has 3 heteroatoms. The summed E-state index contributed by atoms with van der Waals surface area (Å²) in [6, 6.07) is 11.7. The van der Waals surface area contributed by atoms with Gasteiger partial charge in [0.15, 0.2) is 0 Å². The van der Waals surface area contributed by atoms with Gasteiger partial charge in [-0.15, -0.1) is 0 Å². The van der Waals surface area contributed by atoms with Crippen LogP contribution in [0.5, 0.6) is 0 Å². The van der Waals surface area contributed by atoms with Crippen LogP contribution in [0.3, 0.4) is 0 Å². The molecule has 1 saturated carbocycles. The Morgan fingerprint density at radius 2 is 2.00 bits per heavy atom. The van der Waals surface area contributed by atoms with Gasteiger partial charge in [0, 0.05) is 18.7 Å². The highest BCUT2D eigenvalue weighted by Gasteiger charge is 2.19. The Kier molecular flexibility index (Phi) is 4.39. The molecule has 21 heavy (non-hydrogen) atoms. The Morgan fingerprint density at radius 3 is 2.71 bits per heavy atom. The van der Waals surface area contributed by atoms with Crippen LogP contribution in [0, 0.1) is 6.92 Å². The molecular formula is C18H25N3. The van der Waals surface area contributed by atoms with E-state index in [1.165, 1.54) is 42.5 Å². The lowest BCUT2D eigenvalue weighted by molar-refractivity contribution is 0.459. The van der Waals surface area contributed by atoms with E-state index in [-0.39, 0.29) is 0 Å². The Hall–Kier alpha value is -1.61. The average molecular weight is 283 g/mol. The van der Waals surface area contributed by atoms with E-state index in [1.54, 1.807) is 0 Å². The van der Waals surface area contributed by atoms with Crippen LogP contribution >= 0.6 is 0 Å². The number of likely N-dealkylation sites (N-methyl/N-ethyl adjacent to an activating group) is 1. The van der Waals surface area contributed by atoms with Crippen LogP contribution in [0.2, 0.25) is 0 Å². The van der Waals surface area contributed by atoms with Crippen LogP contribution < -0.4 is 5.32 Å². The third-order valence-electron chi connectivity index (χ3n) is 4.69. The van der Waals surface area contributed by atoms with Crippen molar-refractivity contribution in [2.75, 3.05) is 7.05 Å². The topological polar surface area (TPSA) is 29.9 Å². The van der Waals surface area contributed by atoms with Crippen LogP contribution in [-0.2, 0) is 6.42 Å². The molecule has 1 N–H and O–H groups in total. The molecule has 3 nitrogen and oxygen atoms in total. The summed E-state index contributed by atoms with van der Waals surface area (Å²) in [4.78, 5) is 0. The highest BCUT2D eigenvalue weighted by atomic mass is 15.3. The third-order valence-corrected chi connectivity index (χ3v) is 4.69. The van der Waals surface area contributed by atoms with Gasteiger partial charge in [0.2, 0.25) is 0 Å². The standard InChI is InChI=1S/C18H25N3/c1-14-7-3-6-10-17(14)18(19-2)13-15-11-12-21(20-15)16-8-4-5-9-16/h3,6-7,10-12,16,18-19H,4-5,8-9,13H2,1-2H3. The Labute approximate surface area is 127 Å². The smallest absolute Gasteiger partial charge is 0.0643 e. The Bertz CT molecular complexity index is 582. The molecule has 1 aromatic carbocycles. The van der Waals surface area contributed by atoms with Crippen molar-refractivity contribution in [2.45, 2.75) is 51.1 Å². The minimum absolute atomic E-state index is 0.332. The quantitative estimate of drug-likeness (QED) is 0.904. The van der Waals surface area contributed by atoms with Crippen molar-refractivity contribution in [3.63, 3.8) is 0 Å². The first-order valence-electron chi connectivity index (χ1n) is 8.05. The van der Waals surface area contributed by atoms with Crippen molar-refractivity contribution in [2.24, 2.45) is 0 Å². The van der Waals surface area contributed by atoms with Gasteiger partial charge in [-0.1, -0.05) is 37.1 Å². The van der Waals surface area contributed by atoms with E-state index < -0.39 is 0 Å². The molecule has 0 bridgehead atoms. The lowest BCUT2D eigenvalue weighted by Crippen LogP contribution is -2.20. The molecule has 0 aliphatic heterocycles. The van der Waals surface area contributed by atoms with E-state index in [2.05, 4.69) is 53.5 Å². The summed E-state index contributed by atoms with van der Waals surface area (Å²) in [6.45, 7) is 2.18. The van der Waals surface area contributed by atoms with E-state index in [4.69, 9.17) is 5.10 Å². The maximum absolute atomic E-state index is 4.81. The van der Waals surface area contributed by atoms with Crippen molar-refractivity contribution < 1.29 is 0 Å². The molecular weight excluding hydrogens is 258 g/mol. The Morgan fingerprint density at radius 1 is 1.24 bits per heavy atom. The fourth-order valence-electron chi connectivity index (χ4n) is 3.41. The summed E-state index contributed by atoms with van der Waals surface area (Å²) in [7, 11) is 2.03. The summed E-state index contributed by atoms with van der Waals surface area (Å²) >= 11 is 0. The molecule has 0 radical (unpaired) electrons. The lowest BCUT2D eigenvalue weighted by Gasteiger charge is -2.18. The molecule has 112 valence electrons. The average Bonchev–Trinajstić information content (AvgIpc) is 3.16. The molecule has 1 atom stereocenters. The fraction of sp³-hybridized carbons (Fsp3) is 0.500. The van der Waals surface area contributed by atoms with Gasteiger partial charge in [0.25, 0.3) is 0 Å². The number of aryl methyl sites for hydroxylation is 1. The summed E-state index contributed by atoms with van der Waals surface area (Å²) in [5.74, 6) is 0. The molecule has 1 aliphatic carbocycles. The molecule has 1 fully saturated rings. The summed E-state index contributed by atoms with van der Waals surface area (Å²) in [5.41, 5.74) is 3.90. The van der Waals surface area contributed by atoms with Gasteiger partial charge in [-0.25, -0.2) is 0 Å². The zero-order valence-electron chi connectivity index (χ0n) is 13.0. The van der Waals surface area contributed by atoms with Crippen molar-refractivity contribution >= 4 is 0 Å². The van der Waals surface area contributed by atoms with Crippen LogP contribution in [0.4, 0.5) is 0 Å². The van der Waals surface area contributed by atoms with Gasteiger partial charge in [-0.3, -0.25) is 4.68 Å². The second-order valence-electron chi connectivity index (χ2n) is 6.13. The molecule has 0 saturated heterocycles. The number of nitrogens with one attached hydrogen (secondary N) is 1. The molecule has 0 amide bonds. The van der Waals surface area contributed by atoms with Gasteiger partial charge >= 0.3 is 0 Å². The predicted molar refractivity (Wildman–Crippen MR) is 86.4 cm³/mol. The first-order valence-corrected chi connectivity index (χ1v) is 8.05. The van der Waals surface area contributed by atoms with Crippen LogP contribution in [0.1, 0.15) is 54.6 Å². The third kappa shape index (κ3) is 3.18. The Balaban J connectivity index is 1.74. The number of hydrogen-bond acceptors (Lipinski definition) is 2. The number of benzene rings is 1. The zero-order chi connectivity index (χ0) is 14.7. The van der Waals surface area contributed by atoms with Crippen LogP contribution in [0.15, 0.2) is 36.5 Å². The SMILES string of the molecule is CNC(Cc1ccn(C2CCCC2)n1)c1ccccc1C. The van der Waals surface area contributed by atoms with E-state index in [1.807, 2.05) is 7.05 Å². The maximum Gasteiger partial charge on any atom is 0.0643 e. The van der Waals surface area contributed by atoms with Crippen molar-refractivity contribution in [1.29, 1.82) is 0 Å². The number of aromatic nitrogens is 2. The maximum atomic E-state index is 4.81. The van der Waals surface area contributed by atoms with E-state index >= 15 is 0 Å². The number of nitrogens with zero attached hydrogens (tertiary/aromatic N) is 2. The molecule has 3 rings (SSSR count). The normalized spacial score (nSPS) is 17.2. The fourth-order valence-corrected chi connectivity index (χ4v) is 3.41. The van der Waals surface area contributed by atoms with Gasteiger partial charge < -0.3 is 5.32 Å². The monoisotopic (exact) mass is 283 g/mol. The summed E-state index contributed by atoms with van der Waals surface area (Å²) in [6.07, 6.45) is 8.38. The summed E-state index contributed by atoms with van der Waals surface area (Å²) in [5, 5.41) is 8.25. The largest absolute Gasteiger partial charge is 0.313 e. The number of hydrogen-bond donors (Lipinski definition) is 1. The lowest BCUT2D eigenvalue weighted by atomic mass is 9.98. The van der Waals surface area contributed by atoms with E-state index in [9.17, 15) is 0 Å². The zero-order valence-corrected chi connectivity index (χ0v) is 13.0. The van der Waals surface area contributed by atoms with Crippen molar-refractivity contribution in [1.82, 2.24) is 15.1 Å². The predicted octanol–water partition coefficient (Wildman–Crippen LogP) is 3.81. The van der Waals surface area contributed by atoms with Gasteiger partial charge in [-0.05, 0) is 44.0 Å². The molecule has 0 spiro atoms. The van der Waals surface area contributed by atoms with Crippen molar-refractivity contribution in [3.05, 3.63) is 53.3 Å². The molecule has 1 heterocycles. The first-order chi connectivity index (χ1) is 10.3. The van der Waals surface area contributed by atoms with Crippen molar-refractivity contribution in [3.8, 4) is 0 Å². The second kappa shape index (κ2) is 6.44. The van der Waals surface area contributed by atoms with Gasteiger partial charge in [-0.2, -0.15) is 5.10 Å². The minimum atomic E-state index is 0.332. The van der Waals surface area contributed by atoms with Crippen LogP contribution in [0.25, 0.3) is 0 Å². The summed E-state index contributed by atoms with van der Waals surface area (Å²) < 4.78 is 2.19. The molecule has 1 aromatic heterocycles. The van der Waals surface area contributed by atoms with E-state index in [0.717, 1.165) is 6.42 Å². The van der Waals surface area contributed by atoms with Gasteiger partial charge in [0.1, 0.15) is 0 Å².